The molecule has 1 aliphatic carbocycles. The number of aryl methyl sites for hydroxylation is 1. The van der Waals surface area contributed by atoms with E-state index in [0.717, 1.165) is 19.3 Å². The van der Waals surface area contributed by atoms with E-state index in [1.54, 1.807) is 12.1 Å². The van der Waals surface area contributed by atoms with Gasteiger partial charge in [-0.2, -0.15) is 0 Å². The Bertz CT molecular complexity index is 645. The minimum atomic E-state index is 0.177. The van der Waals surface area contributed by atoms with E-state index in [-0.39, 0.29) is 5.41 Å². The van der Waals surface area contributed by atoms with Gasteiger partial charge in [0.25, 0.3) is 0 Å². The Balaban J connectivity index is 1.95. The van der Waals surface area contributed by atoms with Crippen molar-refractivity contribution >= 4 is 0 Å². The number of fused-ring (bicyclic) bond motifs is 1. The van der Waals surface area contributed by atoms with Crippen molar-refractivity contribution in [3.8, 4) is 11.5 Å². The summed E-state index contributed by atoms with van der Waals surface area (Å²) in [4.78, 5) is 0. The van der Waals surface area contributed by atoms with E-state index < -0.39 is 0 Å². The van der Waals surface area contributed by atoms with Crippen LogP contribution in [0, 0.1) is 0 Å². The van der Waals surface area contributed by atoms with Crippen molar-refractivity contribution in [1.29, 1.82) is 0 Å². The molecule has 0 spiro atoms. The fourth-order valence-electron chi connectivity index (χ4n) is 3.86. The van der Waals surface area contributed by atoms with Crippen LogP contribution in [-0.2, 0) is 18.3 Å². The largest absolute Gasteiger partial charge is 0.508 e. The van der Waals surface area contributed by atoms with Gasteiger partial charge in [0.1, 0.15) is 11.5 Å². The lowest BCUT2D eigenvalue weighted by Crippen LogP contribution is -2.26. The lowest BCUT2D eigenvalue weighted by atomic mass is 9.73. The Labute approximate surface area is 132 Å². The van der Waals surface area contributed by atoms with Crippen molar-refractivity contribution in [2.24, 2.45) is 0 Å². The number of rotatable bonds is 5. The molecule has 1 atom stereocenters. The summed E-state index contributed by atoms with van der Waals surface area (Å²) in [6.07, 6.45) is 6.80. The van der Waals surface area contributed by atoms with E-state index in [1.165, 1.54) is 36.0 Å². The summed E-state index contributed by atoms with van der Waals surface area (Å²) in [6, 6.07) is 13.5. The zero-order valence-corrected chi connectivity index (χ0v) is 13.2. The first-order valence-corrected chi connectivity index (χ1v) is 8.23. The highest BCUT2D eigenvalue weighted by molar-refractivity contribution is 5.45. The van der Waals surface area contributed by atoms with Crippen LogP contribution in [0.1, 0.15) is 49.3 Å². The Hall–Kier alpha value is -1.96. The second-order valence-corrected chi connectivity index (χ2v) is 6.57. The number of benzene rings is 2. The summed E-state index contributed by atoms with van der Waals surface area (Å²) in [5.74, 6) is 0.692. The first-order valence-electron chi connectivity index (χ1n) is 8.23. The fourth-order valence-corrected chi connectivity index (χ4v) is 3.86. The Kier molecular flexibility index (Phi) is 4.10. The van der Waals surface area contributed by atoms with Crippen LogP contribution in [0.5, 0.6) is 11.5 Å². The van der Waals surface area contributed by atoms with Crippen LogP contribution < -0.4 is 0 Å². The highest BCUT2D eigenvalue weighted by Crippen LogP contribution is 2.46. The van der Waals surface area contributed by atoms with Gasteiger partial charge >= 0.3 is 0 Å². The maximum atomic E-state index is 9.74. The molecule has 3 rings (SSSR count). The summed E-state index contributed by atoms with van der Waals surface area (Å²) in [5, 5.41) is 19.2. The van der Waals surface area contributed by atoms with Gasteiger partial charge in [0.15, 0.2) is 0 Å². The van der Waals surface area contributed by atoms with Crippen LogP contribution in [0.25, 0.3) is 0 Å². The van der Waals surface area contributed by atoms with Gasteiger partial charge in [-0.15, -0.1) is 0 Å². The molecule has 0 amide bonds. The molecule has 0 fully saturated rings. The Morgan fingerprint density at radius 1 is 1.00 bits per heavy atom. The molecule has 2 nitrogen and oxygen atoms in total. The van der Waals surface area contributed by atoms with Gasteiger partial charge in [-0.05, 0) is 72.1 Å². The Morgan fingerprint density at radius 3 is 2.45 bits per heavy atom. The normalized spacial score (nSPS) is 20.0. The predicted octanol–water partition coefficient (Wildman–Crippen LogP) is 4.71. The van der Waals surface area contributed by atoms with Gasteiger partial charge in [-0.1, -0.05) is 38.0 Å². The van der Waals surface area contributed by atoms with E-state index >= 15 is 0 Å². The maximum absolute atomic E-state index is 9.74. The zero-order chi connectivity index (χ0) is 15.6. The topological polar surface area (TPSA) is 40.5 Å². The fraction of sp³-hybridized carbons (Fsp3) is 0.400. The summed E-state index contributed by atoms with van der Waals surface area (Å²) in [7, 11) is 0. The Morgan fingerprint density at radius 2 is 1.73 bits per heavy atom. The van der Waals surface area contributed by atoms with Gasteiger partial charge in [-0.25, -0.2) is 0 Å². The summed E-state index contributed by atoms with van der Waals surface area (Å²) in [6.45, 7) is 2.24. The molecule has 0 heterocycles. The third-order valence-corrected chi connectivity index (χ3v) is 5.02. The minimum Gasteiger partial charge on any atom is -0.508 e. The molecule has 1 unspecified atom stereocenters. The van der Waals surface area contributed by atoms with E-state index in [0.29, 0.717) is 11.5 Å². The van der Waals surface area contributed by atoms with E-state index in [9.17, 15) is 10.2 Å². The van der Waals surface area contributed by atoms with Crippen LogP contribution in [0.2, 0.25) is 0 Å². The van der Waals surface area contributed by atoms with Crippen LogP contribution in [0.4, 0.5) is 0 Å². The molecule has 2 N–H and O–H groups in total. The first kappa shape index (κ1) is 15.0. The zero-order valence-electron chi connectivity index (χ0n) is 13.2. The van der Waals surface area contributed by atoms with Crippen molar-refractivity contribution in [1.82, 2.24) is 0 Å². The van der Waals surface area contributed by atoms with Crippen molar-refractivity contribution in [3.63, 3.8) is 0 Å². The second kappa shape index (κ2) is 6.04. The molecule has 22 heavy (non-hydrogen) atoms. The van der Waals surface area contributed by atoms with Crippen molar-refractivity contribution in [2.45, 2.75) is 50.9 Å². The highest BCUT2D eigenvalue weighted by atomic mass is 16.3. The van der Waals surface area contributed by atoms with Crippen LogP contribution in [-0.4, -0.2) is 10.2 Å². The number of phenolic OH excluding ortho intramolecular Hbond substituents is 2. The molecule has 2 aromatic carbocycles. The first-order chi connectivity index (χ1) is 10.6. The van der Waals surface area contributed by atoms with E-state index in [4.69, 9.17) is 0 Å². The van der Waals surface area contributed by atoms with Gasteiger partial charge in [0.2, 0.25) is 0 Å². The molecule has 2 heteroatoms. The number of hydrogen-bond acceptors (Lipinski definition) is 2. The van der Waals surface area contributed by atoms with Gasteiger partial charge in [0, 0.05) is 0 Å². The molecule has 116 valence electrons. The smallest absolute Gasteiger partial charge is 0.115 e. The molecule has 0 saturated carbocycles. The predicted molar refractivity (Wildman–Crippen MR) is 89.4 cm³/mol. The average Bonchev–Trinajstić information content (AvgIpc) is 2.86. The van der Waals surface area contributed by atoms with E-state index in [1.807, 2.05) is 24.3 Å². The SMILES string of the molecule is CCCCC1(Cc2ccc(O)cc2)CCc2cc(O)ccc21. The summed E-state index contributed by atoms with van der Waals surface area (Å²) >= 11 is 0. The molecular weight excluding hydrogens is 272 g/mol. The van der Waals surface area contributed by atoms with Crippen LogP contribution in [0.15, 0.2) is 42.5 Å². The van der Waals surface area contributed by atoms with Crippen molar-refractivity contribution in [3.05, 3.63) is 59.2 Å². The quantitative estimate of drug-likeness (QED) is 0.838. The monoisotopic (exact) mass is 296 g/mol. The highest BCUT2D eigenvalue weighted by Gasteiger charge is 2.38. The third kappa shape index (κ3) is 2.83. The molecular formula is C20H24O2. The van der Waals surface area contributed by atoms with E-state index in [2.05, 4.69) is 13.0 Å². The molecule has 0 saturated heterocycles. The lowest BCUT2D eigenvalue weighted by molar-refractivity contribution is 0.374. The van der Waals surface area contributed by atoms with Crippen molar-refractivity contribution in [2.75, 3.05) is 0 Å². The lowest BCUT2D eigenvalue weighted by Gasteiger charge is -2.31. The second-order valence-electron chi connectivity index (χ2n) is 6.57. The third-order valence-electron chi connectivity index (χ3n) is 5.02. The van der Waals surface area contributed by atoms with Gasteiger partial charge in [0.05, 0.1) is 0 Å². The van der Waals surface area contributed by atoms with Crippen molar-refractivity contribution < 1.29 is 10.2 Å². The number of hydrogen-bond donors (Lipinski definition) is 2. The van der Waals surface area contributed by atoms with Crippen LogP contribution in [0.3, 0.4) is 0 Å². The molecule has 0 bridgehead atoms. The van der Waals surface area contributed by atoms with Crippen LogP contribution >= 0.6 is 0 Å². The summed E-state index contributed by atoms with van der Waals surface area (Å²) in [5.41, 5.74) is 4.16. The number of aromatic hydroxyl groups is 2. The average molecular weight is 296 g/mol. The maximum Gasteiger partial charge on any atom is 0.115 e. The molecule has 2 aromatic rings. The minimum absolute atomic E-state index is 0.177. The number of phenols is 2. The molecule has 1 aliphatic rings. The van der Waals surface area contributed by atoms with Gasteiger partial charge < -0.3 is 10.2 Å². The van der Waals surface area contributed by atoms with Gasteiger partial charge in [-0.3, -0.25) is 0 Å². The summed E-state index contributed by atoms with van der Waals surface area (Å²) < 4.78 is 0. The molecule has 0 aliphatic heterocycles. The number of unbranched alkanes of at least 4 members (excludes halogenated alkanes) is 1. The molecule has 0 radical (unpaired) electrons. The standard InChI is InChI=1S/C20H24O2/c1-2-3-11-20(14-15-4-6-17(21)7-5-15)12-10-16-13-18(22)8-9-19(16)20/h4-9,13,21-22H,2-3,10-12,14H2,1H3. The molecule has 0 aromatic heterocycles.